The highest BCUT2D eigenvalue weighted by Crippen LogP contribution is 2.76. The Labute approximate surface area is 203 Å². The summed E-state index contributed by atoms with van der Waals surface area (Å²) in [7, 11) is 0. The van der Waals surface area contributed by atoms with Crippen molar-refractivity contribution in [3.63, 3.8) is 0 Å². The summed E-state index contributed by atoms with van der Waals surface area (Å²) in [5.41, 5.74) is 0.392. The lowest BCUT2D eigenvalue weighted by Gasteiger charge is -2.70. The molecule has 0 amide bonds. The van der Waals surface area contributed by atoms with Gasteiger partial charge in [0.25, 0.3) is 0 Å². The van der Waals surface area contributed by atoms with Crippen molar-refractivity contribution in [1.29, 1.82) is 0 Å². The van der Waals surface area contributed by atoms with Crippen LogP contribution in [0, 0.1) is 45.3 Å². The molecule has 3 nitrogen and oxygen atoms in total. The van der Waals surface area contributed by atoms with E-state index in [-0.39, 0.29) is 45.1 Å². The summed E-state index contributed by atoms with van der Waals surface area (Å²) in [5.74, 6) is 1.85. The molecule has 3 heteroatoms. The van der Waals surface area contributed by atoms with Crippen LogP contribution in [0.25, 0.3) is 0 Å². The van der Waals surface area contributed by atoms with Crippen molar-refractivity contribution in [2.45, 2.75) is 143 Å². The highest BCUT2D eigenvalue weighted by atomic mass is 16.5. The van der Waals surface area contributed by atoms with Crippen LogP contribution in [0.3, 0.4) is 0 Å². The summed E-state index contributed by atoms with van der Waals surface area (Å²) in [6.45, 7) is 19.2. The van der Waals surface area contributed by atoms with Crippen LogP contribution >= 0.6 is 0 Å². The Morgan fingerprint density at radius 3 is 2.03 bits per heavy atom. The topological polar surface area (TPSA) is 49.7 Å². The molecule has 33 heavy (non-hydrogen) atoms. The largest absolute Gasteiger partial charge is 0.393 e. The molecule has 0 radical (unpaired) electrons. The molecule has 10 atom stereocenters. The molecule has 5 rings (SSSR count). The summed E-state index contributed by atoms with van der Waals surface area (Å²) in [4.78, 5) is 0. The zero-order valence-corrected chi connectivity index (χ0v) is 22.8. The number of ether oxygens (including phenoxy) is 1. The van der Waals surface area contributed by atoms with Gasteiger partial charge in [-0.15, -0.1) is 0 Å². The van der Waals surface area contributed by atoms with Crippen molar-refractivity contribution in [3.8, 4) is 0 Å². The van der Waals surface area contributed by atoms with Gasteiger partial charge >= 0.3 is 0 Å². The molecule has 190 valence electrons. The minimum absolute atomic E-state index is 0.0375. The fourth-order valence-corrected chi connectivity index (χ4v) is 11.3. The summed E-state index contributed by atoms with van der Waals surface area (Å²) >= 11 is 0. The van der Waals surface area contributed by atoms with Crippen LogP contribution in [0.4, 0.5) is 0 Å². The van der Waals surface area contributed by atoms with Crippen LogP contribution in [0.2, 0.25) is 0 Å². The van der Waals surface area contributed by atoms with Crippen LogP contribution in [-0.2, 0) is 4.74 Å². The maximum atomic E-state index is 11.9. The molecule has 1 heterocycles. The van der Waals surface area contributed by atoms with Crippen LogP contribution in [0.15, 0.2) is 0 Å². The molecule has 4 saturated carbocycles. The second-order valence-corrected chi connectivity index (χ2v) is 15.4. The lowest BCUT2D eigenvalue weighted by atomic mass is 9.35. The third-order valence-electron chi connectivity index (χ3n) is 13.1. The van der Waals surface area contributed by atoms with Gasteiger partial charge in [0, 0.05) is 0 Å². The molecule has 2 N–H and O–H groups in total. The Hall–Kier alpha value is -0.120. The lowest BCUT2D eigenvalue weighted by Crippen LogP contribution is -2.66. The quantitative estimate of drug-likeness (QED) is 0.455. The number of hydrogen-bond donors (Lipinski definition) is 2. The van der Waals surface area contributed by atoms with E-state index in [1.807, 2.05) is 0 Å². The van der Waals surface area contributed by atoms with Crippen molar-refractivity contribution < 1.29 is 14.9 Å². The molecule has 0 aromatic rings. The highest BCUT2D eigenvalue weighted by molar-refractivity contribution is 5.20. The summed E-state index contributed by atoms with van der Waals surface area (Å²) in [6.07, 6.45) is 10.9. The Kier molecular flexibility index (Phi) is 5.38. The van der Waals surface area contributed by atoms with Crippen LogP contribution in [0.1, 0.15) is 120 Å². The molecule has 1 aliphatic heterocycles. The van der Waals surface area contributed by atoms with E-state index in [0.29, 0.717) is 23.7 Å². The molecule has 1 unspecified atom stereocenters. The van der Waals surface area contributed by atoms with Crippen LogP contribution in [-0.4, -0.2) is 33.6 Å². The van der Waals surface area contributed by atoms with Gasteiger partial charge in [0.05, 0.1) is 23.4 Å². The number of fused-ring (bicyclic) bond motifs is 5. The third-order valence-corrected chi connectivity index (χ3v) is 13.1. The predicted molar refractivity (Wildman–Crippen MR) is 134 cm³/mol. The first-order valence-electron chi connectivity index (χ1n) is 14.2. The van der Waals surface area contributed by atoms with E-state index in [0.717, 1.165) is 32.1 Å². The third kappa shape index (κ3) is 3.16. The molecule has 1 saturated heterocycles. The van der Waals surface area contributed by atoms with Crippen LogP contribution < -0.4 is 0 Å². The number of hydrogen-bond acceptors (Lipinski definition) is 3. The van der Waals surface area contributed by atoms with Gasteiger partial charge in [0.2, 0.25) is 0 Å². The molecule has 5 aliphatic rings. The van der Waals surface area contributed by atoms with Gasteiger partial charge in [0.1, 0.15) is 0 Å². The van der Waals surface area contributed by atoms with E-state index >= 15 is 0 Å². The molecule has 0 aromatic heterocycles. The van der Waals surface area contributed by atoms with Gasteiger partial charge in [-0.3, -0.25) is 0 Å². The SMILES string of the molecule is CC1(C)CCC[C@](C)([C@H]2CC[C@@]3(C)[C@@H]2[C@H](O)C[C@@H]2[C@@]4(C)CC[C@H](O)C(C)(C)C4CC[C@]23C)O1. The summed E-state index contributed by atoms with van der Waals surface area (Å²) in [6, 6.07) is 0. The zero-order chi connectivity index (χ0) is 24.2. The monoisotopic (exact) mass is 460 g/mol. The van der Waals surface area contributed by atoms with E-state index in [2.05, 4.69) is 55.4 Å². The van der Waals surface area contributed by atoms with Crippen molar-refractivity contribution in [3.05, 3.63) is 0 Å². The predicted octanol–water partition coefficient (Wildman–Crippen LogP) is 6.74. The average molecular weight is 461 g/mol. The van der Waals surface area contributed by atoms with Gasteiger partial charge in [-0.1, -0.05) is 34.6 Å². The Morgan fingerprint density at radius 1 is 0.697 bits per heavy atom. The van der Waals surface area contributed by atoms with Gasteiger partial charge in [-0.05, 0) is 130 Å². The van der Waals surface area contributed by atoms with Crippen molar-refractivity contribution in [2.24, 2.45) is 45.3 Å². The normalized spacial score (nSPS) is 57.6. The van der Waals surface area contributed by atoms with E-state index in [1.165, 1.54) is 32.1 Å². The molecule has 0 spiro atoms. The Bertz CT molecular complexity index is 789. The maximum Gasteiger partial charge on any atom is 0.0693 e. The van der Waals surface area contributed by atoms with E-state index in [1.54, 1.807) is 0 Å². The van der Waals surface area contributed by atoms with Crippen molar-refractivity contribution >= 4 is 0 Å². The first-order valence-corrected chi connectivity index (χ1v) is 14.2. The number of aliphatic hydroxyl groups is 2. The molecule has 0 aromatic carbocycles. The van der Waals surface area contributed by atoms with E-state index in [9.17, 15) is 10.2 Å². The van der Waals surface area contributed by atoms with Crippen LogP contribution in [0.5, 0.6) is 0 Å². The van der Waals surface area contributed by atoms with Gasteiger partial charge in [0.15, 0.2) is 0 Å². The maximum absolute atomic E-state index is 11.9. The molecular weight excluding hydrogens is 408 g/mol. The van der Waals surface area contributed by atoms with E-state index in [4.69, 9.17) is 4.74 Å². The number of aliphatic hydroxyl groups excluding tert-OH is 2. The molecule has 5 fully saturated rings. The second kappa shape index (κ2) is 7.22. The minimum Gasteiger partial charge on any atom is -0.393 e. The first kappa shape index (κ1) is 24.6. The number of rotatable bonds is 1. The summed E-state index contributed by atoms with van der Waals surface area (Å²) in [5, 5.41) is 22.8. The van der Waals surface area contributed by atoms with Crippen molar-refractivity contribution in [2.75, 3.05) is 0 Å². The second-order valence-electron chi connectivity index (χ2n) is 15.4. The Balaban J connectivity index is 1.51. The van der Waals surface area contributed by atoms with Crippen molar-refractivity contribution in [1.82, 2.24) is 0 Å². The van der Waals surface area contributed by atoms with E-state index < -0.39 is 0 Å². The van der Waals surface area contributed by atoms with Gasteiger partial charge < -0.3 is 14.9 Å². The highest BCUT2D eigenvalue weighted by Gasteiger charge is 2.71. The zero-order valence-electron chi connectivity index (χ0n) is 22.8. The average Bonchev–Trinajstić information content (AvgIpc) is 3.07. The molecule has 0 bridgehead atoms. The Morgan fingerprint density at radius 2 is 1.36 bits per heavy atom. The smallest absolute Gasteiger partial charge is 0.0693 e. The summed E-state index contributed by atoms with van der Waals surface area (Å²) < 4.78 is 6.86. The molecular formula is C30H52O3. The minimum atomic E-state index is -0.239. The lowest BCUT2D eigenvalue weighted by molar-refractivity contribution is -0.257. The fourth-order valence-electron chi connectivity index (χ4n) is 11.3. The fraction of sp³-hybridized carbons (Fsp3) is 1.00. The first-order chi connectivity index (χ1) is 15.1. The van der Waals surface area contributed by atoms with Gasteiger partial charge in [-0.2, -0.15) is 0 Å². The molecule has 4 aliphatic carbocycles. The standard InChI is InChI=1S/C30H52O3/c1-25(2)13-9-14-30(8,33-25)19-10-16-29(7)24(19)20(31)18-22-27(5)15-12-23(32)26(3,4)21(27)11-17-28(22,29)6/h19-24,31-32H,9-18H2,1-8H3/t19-,20+,21?,22+,23-,24-,27-,28+,29-,30+/m0/s1. The van der Waals surface area contributed by atoms with Gasteiger partial charge in [-0.25, -0.2) is 0 Å².